The first-order chi connectivity index (χ1) is 8.65. The molecule has 1 heterocycles. The molecule has 1 aromatic carbocycles. The molecule has 1 N–H and O–H groups in total. The fourth-order valence-electron chi connectivity index (χ4n) is 1.61. The summed E-state index contributed by atoms with van der Waals surface area (Å²) in [4.78, 5) is 18.2. The van der Waals surface area contributed by atoms with Crippen molar-refractivity contribution in [2.45, 2.75) is 6.92 Å². The number of aromatic nitrogens is 2. The summed E-state index contributed by atoms with van der Waals surface area (Å²) in [5, 5.41) is 8.68. The summed E-state index contributed by atoms with van der Waals surface area (Å²) < 4.78 is 5.25. The lowest BCUT2D eigenvalue weighted by Crippen LogP contribution is -2.12. The van der Waals surface area contributed by atoms with E-state index in [9.17, 15) is 4.79 Å². The predicted octanol–water partition coefficient (Wildman–Crippen LogP) is 1.63. The molecule has 0 unspecified atom stereocenters. The van der Waals surface area contributed by atoms with Crippen molar-refractivity contribution >= 4 is 0 Å². The SMILES string of the molecule is COc1cc(C)ccc1-c1ncc(C#N)c(=O)[nH]1. The minimum atomic E-state index is -0.454. The molecule has 0 bridgehead atoms. The van der Waals surface area contributed by atoms with Crippen molar-refractivity contribution < 1.29 is 4.74 Å². The largest absolute Gasteiger partial charge is 0.496 e. The first-order valence-electron chi connectivity index (χ1n) is 5.30. The summed E-state index contributed by atoms with van der Waals surface area (Å²) in [6, 6.07) is 7.35. The average Bonchev–Trinajstić information content (AvgIpc) is 2.38. The number of aromatic amines is 1. The third-order valence-electron chi connectivity index (χ3n) is 2.53. The van der Waals surface area contributed by atoms with E-state index in [0.717, 1.165) is 5.56 Å². The topological polar surface area (TPSA) is 78.8 Å². The lowest BCUT2D eigenvalue weighted by Gasteiger charge is -2.08. The summed E-state index contributed by atoms with van der Waals surface area (Å²) >= 11 is 0. The molecule has 0 aliphatic rings. The lowest BCUT2D eigenvalue weighted by atomic mass is 10.1. The summed E-state index contributed by atoms with van der Waals surface area (Å²) in [6.07, 6.45) is 1.26. The van der Waals surface area contributed by atoms with Crippen molar-refractivity contribution in [1.29, 1.82) is 5.26 Å². The van der Waals surface area contributed by atoms with Gasteiger partial charge in [-0.05, 0) is 24.6 Å². The van der Waals surface area contributed by atoms with Gasteiger partial charge in [-0.15, -0.1) is 0 Å². The molecule has 0 atom stereocenters. The van der Waals surface area contributed by atoms with Crippen LogP contribution in [0.3, 0.4) is 0 Å². The van der Waals surface area contributed by atoms with Crippen molar-refractivity contribution in [2.24, 2.45) is 0 Å². The van der Waals surface area contributed by atoms with Crippen LogP contribution < -0.4 is 10.3 Å². The molecule has 1 aromatic heterocycles. The van der Waals surface area contributed by atoms with Crippen molar-refractivity contribution in [3.05, 3.63) is 45.9 Å². The highest BCUT2D eigenvalue weighted by Crippen LogP contribution is 2.27. The van der Waals surface area contributed by atoms with Gasteiger partial charge in [-0.2, -0.15) is 5.26 Å². The van der Waals surface area contributed by atoms with Crippen LogP contribution in [0.15, 0.2) is 29.2 Å². The van der Waals surface area contributed by atoms with Gasteiger partial charge in [-0.1, -0.05) is 6.07 Å². The van der Waals surface area contributed by atoms with Gasteiger partial charge >= 0.3 is 0 Å². The number of nitrogens with zero attached hydrogens (tertiary/aromatic N) is 2. The second-order valence-corrected chi connectivity index (χ2v) is 3.79. The number of H-pyrrole nitrogens is 1. The highest BCUT2D eigenvalue weighted by atomic mass is 16.5. The smallest absolute Gasteiger partial charge is 0.269 e. The standard InChI is InChI=1S/C13H11N3O2/c1-8-3-4-10(11(5-8)18-2)12-15-7-9(6-14)13(17)16-12/h3-5,7H,1-2H3,(H,15,16,17). The highest BCUT2D eigenvalue weighted by Gasteiger charge is 2.09. The zero-order valence-electron chi connectivity index (χ0n) is 10.0. The maximum Gasteiger partial charge on any atom is 0.269 e. The number of nitrogens with one attached hydrogen (secondary N) is 1. The summed E-state index contributed by atoms with van der Waals surface area (Å²) in [5.74, 6) is 1.01. The minimum absolute atomic E-state index is 0.00942. The van der Waals surface area contributed by atoms with Crippen LogP contribution in [0.1, 0.15) is 11.1 Å². The highest BCUT2D eigenvalue weighted by molar-refractivity contribution is 5.64. The van der Waals surface area contributed by atoms with Crippen LogP contribution in [0.4, 0.5) is 0 Å². The Bertz CT molecular complexity index is 683. The van der Waals surface area contributed by atoms with Crippen LogP contribution in [-0.4, -0.2) is 17.1 Å². The van der Waals surface area contributed by atoms with Crippen LogP contribution in [-0.2, 0) is 0 Å². The molecule has 5 heteroatoms. The maximum absolute atomic E-state index is 11.6. The van der Waals surface area contributed by atoms with E-state index in [1.54, 1.807) is 13.2 Å². The molecule has 0 saturated heterocycles. The third-order valence-corrected chi connectivity index (χ3v) is 2.53. The van der Waals surface area contributed by atoms with Crippen LogP contribution in [0, 0.1) is 18.3 Å². The number of aryl methyl sites for hydroxylation is 1. The Hall–Kier alpha value is -2.61. The third kappa shape index (κ3) is 2.09. The zero-order chi connectivity index (χ0) is 13.1. The van der Waals surface area contributed by atoms with Crippen LogP contribution in [0.5, 0.6) is 5.75 Å². The maximum atomic E-state index is 11.6. The molecule has 0 aliphatic carbocycles. The van der Waals surface area contributed by atoms with E-state index in [1.807, 2.05) is 25.1 Å². The predicted molar refractivity (Wildman–Crippen MR) is 66.3 cm³/mol. The molecule has 0 fully saturated rings. The van der Waals surface area contributed by atoms with E-state index >= 15 is 0 Å². The van der Waals surface area contributed by atoms with Crippen LogP contribution >= 0.6 is 0 Å². The van der Waals surface area contributed by atoms with Gasteiger partial charge in [0, 0.05) is 0 Å². The van der Waals surface area contributed by atoms with Gasteiger partial charge in [-0.3, -0.25) is 4.79 Å². The Labute approximate surface area is 104 Å². The van der Waals surface area contributed by atoms with Gasteiger partial charge in [-0.25, -0.2) is 4.98 Å². The van der Waals surface area contributed by atoms with Crippen molar-refractivity contribution in [3.63, 3.8) is 0 Å². The molecule has 0 aliphatic heterocycles. The van der Waals surface area contributed by atoms with Crippen LogP contribution in [0.25, 0.3) is 11.4 Å². The number of rotatable bonds is 2. The molecule has 2 aromatic rings. The van der Waals surface area contributed by atoms with Crippen LogP contribution in [0.2, 0.25) is 0 Å². The number of nitriles is 1. The molecule has 0 radical (unpaired) electrons. The molecule has 0 saturated carbocycles. The first kappa shape index (κ1) is 11.9. The Morgan fingerprint density at radius 1 is 1.44 bits per heavy atom. The first-order valence-corrected chi connectivity index (χ1v) is 5.30. The van der Waals surface area contributed by atoms with E-state index < -0.39 is 5.56 Å². The fourth-order valence-corrected chi connectivity index (χ4v) is 1.61. The van der Waals surface area contributed by atoms with Gasteiger partial charge in [0.05, 0.1) is 18.9 Å². The van der Waals surface area contributed by atoms with Gasteiger partial charge in [0.2, 0.25) is 0 Å². The number of ether oxygens (including phenoxy) is 1. The Balaban J connectivity index is 2.59. The van der Waals surface area contributed by atoms with Crippen molar-refractivity contribution in [1.82, 2.24) is 9.97 Å². The zero-order valence-corrected chi connectivity index (χ0v) is 10.0. The number of hydrogen-bond acceptors (Lipinski definition) is 4. The molecule has 18 heavy (non-hydrogen) atoms. The minimum Gasteiger partial charge on any atom is -0.496 e. The molecule has 90 valence electrons. The molecular weight excluding hydrogens is 230 g/mol. The fraction of sp³-hybridized carbons (Fsp3) is 0.154. The van der Waals surface area contributed by atoms with Crippen molar-refractivity contribution in [3.8, 4) is 23.2 Å². The monoisotopic (exact) mass is 241 g/mol. The number of methoxy groups -OCH3 is 1. The molecule has 0 spiro atoms. The summed E-state index contributed by atoms with van der Waals surface area (Å²) in [5.41, 5.74) is 1.27. The second-order valence-electron chi connectivity index (χ2n) is 3.79. The van der Waals surface area contributed by atoms with Gasteiger partial charge in [0.25, 0.3) is 5.56 Å². The summed E-state index contributed by atoms with van der Waals surface area (Å²) in [6.45, 7) is 1.95. The molecule has 2 rings (SSSR count). The lowest BCUT2D eigenvalue weighted by molar-refractivity contribution is 0.416. The van der Waals surface area contributed by atoms with Gasteiger partial charge < -0.3 is 9.72 Å². The van der Waals surface area contributed by atoms with E-state index in [4.69, 9.17) is 10.00 Å². The normalized spacial score (nSPS) is 9.83. The number of benzene rings is 1. The van der Waals surface area contributed by atoms with E-state index in [1.165, 1.54) is 6.20 Å². The number of hydrogen-bond donors (Lipinski definition) is 1. The average molecular weight is 241 g/mol. The molecule has 0 amide bonds. The Morgan fingerprint density at radius 2 is 2.22 bits per heavy atom. The van der Waals surface area contributed by atoms with Gasteiger partial charge in [0.1, 0.15) is 23.2 Å². The van der Waals surface area contributed by atoms with E-state index in [2.05, 4.69) is 9.97 Å². The molecule has 5 nitrogen and oxygen atoms in total. The van der Waals surface area contributed by atoms with Crippen molar-refractivity contribution in [2.75, 3.05) is 7.11 Å². The second kappa shape index (κ2) is 4.72. The molecular formula is C13H11N3O2. The summed E-state index contributed by atoms with van der Waals surface area (Å²) in [7, 11) is 1.56. The Kier molecular flexibility index (Phi) is 3.11. The van der Waals surface area contributed by atoms with E-state index in [0.29, 0.717) is 17.1 Å². The van der Waals surface area contributed by atoms with E-state index in [-0.39, 0.29) is 5.56 Å². The quantitative estimate of drug-likeness (QED) is 0.866. The Morgan fingerprint density at radius 3 is 2.83 bits per heavy atom. The van der Waals surface area contributed by atoms with Gasteiger partial charge in [0.15, 0.2) is 0 Å².